The second kappa shape index (κ2) is 6.61. The first kappa shape index (κ1) is 16.7. The molecular formula is C13H12ClN3O6. The molecule has 0 amide bonds. The summed E-state index contributed by atoms with van der Waals surface area (Å²) in [5.41, 5.74) is -0.128. The summed E-state index contributed by atoms with van der Waals surface area (Å²) in [5.74, 6) is -1.92. The fourth-order valence-electron chi connectivity index (χ4n) is 2.06. The molecule has 0 spiro atoms. The highest BCUT2D eigenvalue weighted by atomic mass is 35.5. The van der Waals surface area contributed by atoms with Crippen LogP contribution in [0.15, 0.2) is 23.3 Å². The number of ether oxygens (including phenoxy) is 1. The van der Waals surface area contributed by atoms with Gasteiger partial charge in [0.1, 0.15) is 5.71 Å². The maximum atomic E-state index is 11.7. The van der Waals surface area contributed by atoms with Gasteiger partial charge in [0.15, 0.2) is 6.04 Å². The minimum atomic E-state index is -1.21. The smallest absolute Gasteiger partial charge is 0.354 e. The van der Waals surface area contributed by atoms with Crippen LogP contribution in [0.1, 0.15) is 13.3 Å². The second-order valence-corrected chi connectivity index (χ2v) is 4.97. The number of non-ortho nitro benzene ring substituents is 1. The average molecular weight is 342 g/mol. The molecule has 1 atom stereocenters. The SMILES string of the molecule is CCOC(=O)C1=NN(c2ccc([N+](=O)[O-])cc2Cl)[C@@H](C(=O)O)C1. The second-order valence-electron chi connectivity index (χ2n) is 4.56. The highest BCUT2D eigenvalue weighted by molar-refractivity contribution is 6.38. The number of carbonyl (C=O) groups is 2. The molecule has 1 heterocycles. The number of nitro groups is 1. The van der Waals surface area contributed by atoms with Gasteiger partial charge in [-0.2, -0.15) is 5.10 Å². The van der Waals surface area contributed by atoms with E-state index >= 15 is 0 Å². The predicted molar refractivity (Wildman–Crippen MR) is 80.7 cm³/mol. The van der Waals surface area contributed by atoms with Crippen LogP contribution in [0.5, 0.6) is 0 Å². The summed E-state index contributed by atoms with van der Waals surface area (Å²) >= 11 is 5.99. The maximum absolute atomic E-state index is 11.7. The topological polar surface area (TPSA) is 122 Å². The number of aliphatic carboxylic acids is 1. The normalized spacial score (nSPS) is 16.9. The molecule has 1 aliphatic heterocycles. The Morgan fingerprint density at radius 3 is 2.78 bits per heavy atom. The molecule has 1 N–H and O–H groups in total. The largest absolute Gasteiger partial charge is 0.480 e. The van der Waals surface area contributed by atoms with Crippen LogP contribution in [0.4, 0.5) is 11.4 Å². The van der Waals surface area contributed by atoms with Crippen molar-refractivity contribution in [1.82, 2.24) is 0 Å². The molecule has 0 radical (unpaired) electrons. The number of benzene rings is 1. The molecule has 1 aromatic rings. The van der Waals surface area contributed by atoms with Gasteiger partial charge in [0.25, 0.3) is 5.69 Å². The van der Waals surface area contributed by atoms with Crippen LogP contribution in [-0.2, 0) is 14.3 Å². The Labute approximate surface area is 135 Å². The highest BCUT2D eigenvalue weighted by Crippen LogP contribution is 2.34. The number of hydrazone groups is 1. The van der Waals surface area contributed by atoms with Crippen LogP contribution in [0.3, 0.4) is 0 Å². The van der Waals surface area contributed by atoms with E-state index in [0.717, 1.165) is 11.1 Å². The van der Waals surface area contributed by atoms with Crippen LogP contribution in [-0.4, -0.2) is 40.3 Å². The van der Waals surface area contributed by atoms with E-state index in [1.54, 1.807) is 6.92 Å². The average Bonchev–Trinajstić information content (AvgIpc) is 2.92. The van der Waals surface area contributed by atoms with Gasteiger partial charge < -0.3 is 9.84 Å². The van der Waals surface area contributed by atoms with Gasteiger partial charge in [0, 0.05) is 18.6 Å². The lowest BCUT2D eigenvalue weighted by molar-refractivity contribution is -0.384. The van der Waals surface area contributed by atoms with Crippen molar-refractivity contribution in [2.24, 2.45) is 5.10 Å². The fraction of sp³-hybridized carbons (Fsp3) is 0.308. The molecule has 10 heteroatoms. The van der Waals surface area contributed by atoms with E-state index in [1.807, 2.05) is 0 Å². The number of nitrogens with zero attached hydrogens (tertiary/aromatic N) is 3. The first-order chi connectivity index (χ1) is 10.8. The Balaban J connectivity index is 2.39. The Morgan fingerprint density at radius 1 is 1.57 bits per heavy atom. The molecule has 0 aromatic heterocycles. The van der Waals surface area contributed by atoms with Crippen molar-refractivity contribution in [1.29, 1.82) is 0 Å². The molecule has 0 fully saturated rings. The van der Waals surface area contributed by atoms with E-state index in [0.29, 0.717) is 0 Å². The maximum Gasteiger partial charge on any atom is 0.354 e. The van der Waals surface area contributed by atoms with Gasteiger partial charge in [-0.3, -0.25) is 10.1 Å². The zero-order chi connectivity index (χ0) is 17.1. The minimum absolute atomic E-state index is 0.0423. The monoisotopic (exact) mass is 341 g/mol. The zero-order valence-corrected chi connectivity index (χ0v) is 12.7. The van der Waals surface area contributed by atoms with Gasteiger partial charge in [-0.05, 0) is 13.0 Å². The van der Waals surface area contributed by atoms with Crippen molar-refractivity contribution < 1.29 is 24.4 Å². The Hall–Kier alpha value is -2.68. The highest BCUT2D eigenvalue weighted by Gasteiger charge is 2.37. The van der Waals surface area contributed by atoms with Crippen molar-refractivity contribution in [3.63, 3.8) is 0 Å². The Bertz CT molecular complexity index is 705. The van der Waals surface area contributed by atoms with Crippen LogP contribution in [0, 0.1) is 10.1 Å². The van der Waals surface area contributed by atoms with Crippen LogP contribution < -0.4 is 5.01 Å². The molecule has 0 bridgehead atoms. The number of hydrogen-bond donors (Lipinski definition) is 1. The number of rotatable bonds is 5. The number of nitro benzene ring substituents is 1. The molecule has 1 aromatic carbocycles. The Kier molecular flexibility index (Phi) is 4.80. The molecule has 0 saturated heterocycles. The van der Waals surface area contributed by atoms with E-state index < -0.39 is 22.9 Å². The lowest BCUT2D eigenvalue weighted by atomic mass is 10.1. The first-order valence-corrected chi connectivity index (χ1v) is 6.93. The Morgan fingerprint density at radius 2 is 2.26 bits per heavy atom. The van der Waals surface area contributed by atoms with Crippen molar-refractivity contribution in [3.05, 3.63) is 33.3 Å². The first-order valence-electron chi connectivity index (χ1n) is 6.55. The molecule has 0 aliphatic carbocycles. The van der Waals surface area contributed by atoms with Crippen molar-refractivity contribution in [2.45, 2.75) is 19.4 Å². The molecule has 23 heavy (non-hydrogen) atoms. The quantitative estimate of drug-likeness (QED) is 0.492. The van der Waals surface area contributed by atoms with Crippen LogP contribution >= 0.6 is 11.6 Å². The number of anilines is 1. The number of hydrogen-bond acceptors (Lipinski definition) is 7. The number of halogens is 1. The van der Waals surface area contributed by atoms with Gasteiger partial charge in [0.2, 0.25) is 0 Å². The van der Waals surface area contributed by atoms with Gasteiger partial charge in [-0.1, -0.05) is 11.6 Å². The molecule has 0 saturated carbocycles. The lowest BCUT2D eigenvalue weighted by Gasteiger charge is -2.20. The molecule has 122 valence electrons. The summed E-state index contributed by atoms with van der Waals surface area (Å²) in [6, 6.07) is 2.41. The number of carbonyl (C=O) groups excluding carboxylic acids is 1. The van der Waals surface area contributed by atoms with E-state index in [1.165, 1.54) is 12.1 Å². The summed E-state index contributed by atoms with van der Waals surface area (Å²) in [4.78, 5) is 33.2. The van der Waals surface area contributed by atoms with E-state index in [9.17, 15) is 24.8 Å². The van der Waals surface area contributed by atoms with Gasteiger partial charge in [-0.25, -0.2) is 14.6 Å². The summed E-state index contributed by atoms with van der Waals surface area (Å²) in [6.45, 7) is 1.75. The lowest BCUT2D eigenvalue weighted by Crippen LogP contribution is -2.34. The van der Waals surface area contributed by atoms with Crippen molar-refractivity contribution >= 4 is 40.6 Å². The van der Waals surface area contributed by atoms with Gasteiger partial charge >= 0.3 is 11.9 Å². The van der Waals surface area contributed by atoms with Crippen molar-refractivity contribution in [2.75, 3.05) is 11.6 Å². The number of carboxylic acids is 1. The summed E-state index contributed by atoms with van der Waals surface area (Å²) in [7, 11) is 0. The number of esters is 1. The van der Waals surface area contributed by atoms with E-state index in [-0.39, 0.29) is 35.1 Å². The van der Waals surface area contributed by atoms with Gasteiger partial charge in [-0.15, -0.1) is 0 Å². The standard InChI is InChI=1S/C13H12ClN3O6/c1-2-23-13(20)9-6-11(12(18)19)16(15-9)10-4-3-7(17(21)22)5-8(10)14/h3-5,11H,2,6H2,1H3,(H,18,19)/t11-/m1/s1. The summed E-state index contributed by atoms with van der Waals surface area (Å²) in [6.07, 6.45) is -0.151. The molecular weight excluding hydrogens is 330 g/mol. The molecule has 0 unspecified atom stereocenters. The molecule has 2 rings (SSSR count). The summed E-state index contributed by atoms with van der Waals surface area (Å²) < 4.78 is 4.81. The predicted octanol–water partition coefficient (Wildman–Crippen LogP) is 1.83. The summed E-state index contributed by atoms with van der Waals surface area (Å²) in [5, 5.41) is 25.0. The fourth-order valence-corrected chi connectivity index (χ4v) is 2.32. The van der Waals surface area contributed by atoms with Crippen LogP contribution in [0.25, 0.3) is 0 Å². The zero-order valence-electron chi connectivity index (χ0n) is 11.9. The van der Waals surface area contributed by atoms with Crippen LogP contribution in [0.2, 0.25) is 5.02 Å². The van der Waals surface area contributed by atoms with Gasteiger partial charge in [0.05, 0.1) is 22.2 Å². The number of carboxylic acid groups (broad SMARTS) is 1. The molecule has 9 nitrogen and oxygen atoms in total. The van der Waals surface area contributed by atoms with Crippen molar-refractivity contribution in [3.8, 4) is 0 Å². The third-order valence-electron chi connectivity index (χ3n) is 3.10. The van der Waals surface area contributed by atoms with E-state index in [4.69, 9.17) is 16.3 Å². The minimum Gasteiger partial charge on any atom is -0.480 e. The van der Waals surface area contributed by atoms with E-state index in [2.05, 4.69) is 5.10 Å². The third kappa shape index (κ3) is 3.39. The third-order valence-corrected chi connectivity index (χ3v) is 3.40. The molecule has 1 aliphatic rings.